The molecule has 1 saturated heterocycles. The van der Waals surface area contributed by atoms with Gasteiger partial charge in [0.1, 0.15) is 11.6 Å². The van der Waals surface area contributed by atoms with Gasteiger partial charge in [0.05, 0.1) is 44.5 Å². The molecule has 0 aromatic heterocycles. The zero-order valence-corrected chi connectivity index (χ0v) is 16.5. The lowest BCUT2D eigenvalue weighted by Gasteiger charge is -2.41. The van der Waals surface area contributed by atoms with Gasteiger partial charge < -0.3 is 4.74 Å². The third-order valence-electron chi connectivity index (χ3n) is 4.62. The zero-order chi connectivity index (χ0) is 19.4. The smallest absolute Gasteiger partial charge is 0.326 e. The van der Waals surface area contributed by atoms with Gasteiger partial charge in [-0.15, -0.1) is 0 Å². The Hall–Kier alpha value is -1.49. The highest BCUT2D eigenvalue weighted by molar-refractivity contribution is 7.89. The third kappa shape index (κ3) is 4.61. The second-order valence-electron chi connectivity index (χ2n) is 6.60. The highest BCUT2D eigenvalue weighted by Gasteiger charge is 2.52. The van der Waals surface area contributed by atoms with Crippen molar-refractivity contribution in [1.82, 2.24) is 4.72 Å². The van der Waals surface area contributed by atoms with Crippen LogP contribution in [-0.4, -0.2) is 56.6 Å². The number of thiol groups is 1. The fourth-order valence-corrected chi connectivity index (χ4v) is 4.44. The van der Waals surface area contributed by atoms with Crippen LogP contribution in [0.3, 0.4) is 0 Å². The van der Waals surface area contributed by atoms with Gasteiger partial charge in [-0.2, -0.15) is 9.63 Å². The summed E-state index contributed by atoms with van der Waals surface area (Å²) in [7, 11) is -2.14. The summed E-state index contributed by atoms with van der Waals surface area (Å²) in [5.41, 5.74) is -1.41. The summed E-state index contributed by atoms with van der Waals surface area (Å²) >= 11 is 4.48. The SMILES string of the molecule is CCOC(=O)[C@H](NS(=O)(=O)c1ccccc1)C1(N=O)CC[N+](C)(S)CC1. The Kier molecular flexibility index (Phi) is 6.43. The first kappa shape index (κ1) is 20.8. The monoisotopic (exact) mass is 402 g/mol. The standard InChI is InChI=1S/C16H24N3O5S2/c1-3-24-15(20)14(16(18-21)9-11-19(2,25)12-10-16)17-26(22,23)13-7-5-4-6-8-13/h4-8,14,17,25H,3,9-12H2,1-2H3/q+1/t14-,16?,19?/m0/s1. The molecule has 8 nitrogen and oxygen atoms in total. The summed E-state index contributed by atoms with van der Waals surface area (Å²) in [4.78, 5) is 24.2. The molecule has 1 aliphatic rings. The quantitative estimate of drug-likeness (QED) is 0.311. The molecule has 1 atom stereocenters. The van der Waals surface area contributed by atoms with Gasteiger partial charge >= 0.3 is 5.97 Å². The van der Waals surface area contributed by atoms with E-state index in [9.17, 15) is 18.1 Å². The summed E-state index contributed by atoms with van der Waals surface area (Å²) in [6.45, 7) is 2.62. The molecule has 0 aliphatic carbocycles. The molecule has 144 valence electrons. The molecular weight excluding hydrogens is 378 g/mol. The fourth-order valence-electron chi connectivity index (χ4n) is 2.96. The zero-order valence-electron chi connectivity index (χ0n) is 14.8. The van der Waals surface area contributed by atoms with Crippen molar-refractivity contribution >= 4 is 28.8 Å². The summed E-state index contributed by atoms with van der Waals surface area (Å²) in [5, 5.41) is 3.20. The Labute approximate surface area is 159 Å². The minimum Gasteiger partial charge on any atom is -0.465 e. The number of esters is 1. The number of ether oxygens (including phenoxy) is 1. The number of hydrogen-bond donors (Lipinski definition) is 2. The van der Waals surface area contributed by atoms with Crippen LogP contribution in [-0.2, 0) is 19.6 Å². The number of benzene rings is 1. The molecule has 1 aromatic rings. The first-order valence-electron chi connectivity index (χ1n) is 8.32. The number of nitroso groups, excluding NO2 is 1. The third-order valence-corrected chi connectivity index (χ3v) is 6.46. The van der Waals surface area contributed by atoms with E-state index in [1.807, 2.05) is 7.05 Å². The molecule has 10 heteroatoms. The molecule has 0 unspecified atom stereocenters. The van der Waals surface area contributed by atoms with E-state index in [0.717, 1.165) is 0 Å². The van der Waals surface area contributed by atoms with Crippen molar-refractivity contribution in [3.05, 3.63) is 35.2 Å². The lowest BCUT2D eigenvalue weighted by atomic mass is 9.82. The van der Waals surface area contributed by atoms with Crippen LogP contribution in [0.4, 0.5) is 0 Å². The maximum atomic E-state index is 12.7. The molecular formula is C16H24N3O5S2+. The van der Waals surface area contributed by atoms with E-state index in [4.69, 9.17) is 4.74 Å². The van der Waals surface area contributed by atoms with E-state index in [1.54, 1.807) is 25.1 Å². The van der Waals surface area contributed by atoms with Gasteiger partial charge in [0.25, 0.3) is 0 Å². The van der Waals surface area contributed by atoms with Gasteiger partial charge in [-0.3, -0.25) is 8.68 Å². The first-order chi connectivity index (χ1) is 12.2. The normalized spacial score (nSPS) is 27.5. The molecule has 1 aliphatic heterocycles. The molecule has 1 heterocycles. The summed E-state index contributed by atoms with van der Waals surface area (Å²) in [6.07, 6.45) is 0.439. The van der Waals surface area contributed by atoms with Crippen LogP contribution in [0.1, 0.15) is 19.8 Å². The number of nitrogens with one attached hydrogen (secondary N) is 1. The van der Waals surface area contributed by atoms with Gasteiger partial charge in [-0.1, -0.05) is 23.4 Å². The van der Waals surface area contributed by atoms with Crippen molar-refractivity contribution in [2.45, 2.75) is 36.2 Å². The molecule has 0 saturated carbocycles. The van der Waals surface area contributed by atoms with Crippen molar-refractivity contribution in [3.63, 3.8) is 0 Å². The molecule has 2 rings (SSSR count). The second-order valence-corrected chi connectivity index (χ2v) is 9.28. The second kappa shape index (κ2) is 8.03. The lowest BCUT2D eigenvalue weighted by Crippen LogP contribution is -2.61. The van der Waals surface area contributed by atoms with Crippen molar-refractivity contribution in [1.29, 1.82) is 0 Å². The summed E-state index contributed by atoms with van der Waals surface area (Å²) in [6, 6.07) is 6.27. The Morgan fingerprint density at radius 2 is 1.92 bits per heavy atom. The molecule has 1 fully saturated rings. The Morgan fingerprint density at radius 1 is 1.35 bits per heavy atom. The minimum absolute atomic E-state index is 0.000900. The van der Waals surface area contributed by atoms with Crippen molar-refractivity contribution < 1.29 is 21.8 Å². The van der Waals surface area contributed by atoms with Crippen molar-refractivity contribution in [3.8, 4) is 0 Å². The van der Waals surface area contributed by atoms with Crippen LogP contribution in [0, 0.1) is 4.91 Å². The van der Waals surface area contributed by atoms with Crippen LogP contribution < -0.4 is 4.72 Å². The van der Waals surface area contributed by atoms with Gasteiger partial charge in [-0.05, 0) is 19.1 Å². The average molecular weight is 403 g/mol. The number of likely N-dealkylation sites (tertiary alicyclic amines) is 1. The number of sulfonamides is 1. The van der Waals surface area contributed by atoms with Gasteiger partial charge in [0.2, 0.25) is 10.0 Å². The van der Waals surface area contributed by atoms with E-state index in [2.05, 4.69) is 22.7 Å². The summed E-state index contributed by atoms with van der Waals surface area (Å²) < 4.78 is 33.2. The van der Waals surface area contributed by atoms with Gasteiger partial charge in [0.15, 0.2) is 0 Å². The van der Waals surface area contributed by atoms with Crippen molar-refractivity contribution in [2.75, 3.05) is 26.7 Å². The van der Waals surface area contributed by atoms with E-state index < -0.39 is 27.6 Å². The molecule has 1 aromatic carbocycles. The number of quaternary nitrogens is 1. The fraction of sp³-hybridized carbons (Fsp3) is 0.562. The van der Waals surface area contributed by atoms with Crippen LogP contribution in [0.2, 0.25) is 0 Å². The predicted molar refractivity (Wildman–Crippen MR) is 99.8 cm³/mol. The van der Waals surface area contributed by atoms with E-state index in [0.29, 0.717) is 17.0 Å². The topological polar surface area (TPSA) is 102 Å². The van der Waals surface area contributed by atoms with Crippen LogP contribution in [0.25, 0.3) is 0 Å². The minimum atomic E-state index is -4.02. The molecule has 0 amide bonds. The molecule has 0 radical (unpaired) electrons. The maximum absolute atomic E-state index is 12.7. The molecule has 0 spiro atoms. The Morgan fingerprint density at radius 3 is 2.42 bits per heavy atom. The highest BCUT2D eigenvalue weighted by Crippen LogP contribution is 2.34. The number of nitrogens with zero attached hydrogens (tertiary/aromatic N) is 2. The van der Waals surface area contributed by atoms with E-state index in [1.165, 1.54) is 12.1 Å². The Balaban J connectivity index is 2.37. The number of carbonyl (C=O) groups excluding carboxylic acids is 1. The van der Waals surface area contributed by atoms with Crippen LogP contribution in [0.15, 0.2) is 40.4 Å². The maximum Gasteiger partial charge on any atom is 0.326 e. The number of hydrogen-bond acceptors (Lipinski definition) is 7. The van der Waals surface area contributed by atoms with E-state index >= 15 is 0 Å². The highest BCUT2D eigenvalue weighted by atomic mass is 32.2. The number of carbonyl (C=O) groups is 1. The molecule has 26 heavy (non-hydrogen) atoms. The largest absolute Gasteiger partial charge is 0.465 e. The molecule has 0 bridgehead atoms. The molecule has 1 N–H and O–H groups in total. The van der Waals surface area contributed by atoms with Gasteiger partial charge in [0, 0.05) is 12.8 Å². The number of rotatable bonds is 7. The average Bonchev–Trinajstić information content (AvgIpc) is 2.61. The van der Waals surface area contributed by atoms with Gasteiger partial charge in [-0.25, -0.2) is 8.42 Å². The van der Waals surface area contributed by atoms with Crippen LogP contribution in [0.5, 0.6) is 0 Å². The van der Waals surface area contributed by atoms with Crippen LogP contribution >= 0.6 is 12.8 Å². The predicted octanol–water partition coefficient (Wildman–Crippen LogP) is 1.49. The lowest BCUT2D eigenvalue weighted by molar-refractivity contribution is -0.778. The number of piperidine rings is 1. The summed E-state index contributed by atoms with van der Waals surface area (Å²) in [5.74, 6) is -0.804. The first-order valence-corrected chi connectivity index (χ1v) is 10.2. The van der Waals surface area contributed by atoms with E-state index in [-0.39, 0.29) is 24.3 Å². The van der Waals surface area contributed by atoms with Crippen molar-refractivity contribution in [2.24, 2.45) is 5.18 Å². The Bertz CT molecular complexity index is 742.